The Morgan fingerprint density at radius 1 is 1.24 bits per heavy atom. The summed E-state index contributed by atoms with van der Waals surface area (Å²) in [5.41, 5.74) is 3.93. The van der Waals surface area contributed by atoms with Gasteiger partial charge in [0.05, 0.1) is 45.7 Å². The van der Waals surface area contributed by atoms with Gasteiger partial charge in [-0.2, -0.15) is 0 Å². The molecule has 1 aromatic carbocycles. The normalized spacial score (nSPS) is 19.4. The highest BCUT2D eigenvalue weighted by molar-refractivity contribution is 5.99. The van der Waals surface area contributed by atoms with E-state index in [0.717, 1.165) is 6.07 Å². The number of esters is 2. The smallest absolute Gasteiger partial charge is 0.457 e. The molecule has 3 aromatic rings. The van der Waals surface area contributed by atoms with E-state index in [0.29, 0.717) is 11.1 Å². The van der Waals surface area contributed by atoms with Crippen LogP contribution >= 0.6 is 0 Å². The molecule has 15 heteroatoms. The number of carbonyl (C=O) groups excluding carboxylic acids is 2. The van der Waals surface area contributed by atoms with E-state index >= 15 is 0 Å². The Hall–Kier alpha value is -4.66. The third-order valence-corrected chi connectivity index (χ3v) is 7.58. The van der Waals surface area contributed by atoms with Crippen molar-refractivity contribution in [3.05, 3.63) is 54.9 Å². The van der Waals surface area contributed by atoms with Crippen molar-refractivity contribution in [3.63, 3.8) is 0 Å². The van der Waals surface area contributed by atoms with Crippen LogP contribution in [0.1, 0.15) is 48.9 Å². The van der Waals surface area contributed by atoms with Gasteiger partial charge in [0.1, 0.15) is 6.61 Å². The molecule has 1 unspecified atom stereocenters. The molecule has 1 atom stereocenters. The molecule has 5 heterocycles. The molecule has 3 aliphatic rings. The van der Waals surface area contributed by atoms with Crippen molar-refractivity contribution in [1.29, 1.82) is 0 Å². The first-order valence-electron chi connectivity index (χ1n) is 12.8. The van der Waals surface area contributed by atoms with Crippen LogP contribution in [0.15, 0.2) is 16.9 Å². The maximum absolute atomic E-state index is 13.9. The number of pyridine rings is 2. The Labute approximate surface area is 228 Å². The number of nitrogens with zero attached hydrogens (tertiary/aromatic N) is 3. The highest BCUT2D eigenvalue weighted by Crippen LogP contribution is 2.52. The average Bonchev–Trinajstić information content (AvgIpc) is 3.43. The zero-order chi connectivity index (χ0) is 29.4. The first-order valence-corrected chi connectivity index (χ1v) is 12.8. The summed E-state index contributed by atoms with van der Waals surface area (Å²) in [5.74, 6) is -2.86. The highest BCUT2D eigenvalue weighted by Gasteiger charge is 2.51. The quantitative estimate of drug-likeness (QED) is 0.204. The maximum atomic E-state index is 13.9. The third-order valence-electron chi connectivity index (χ3n) is 7.58. The van der Waals surface area contributed by atoms with Crippen LogP contribution in [-0.4, -0.2) is 39.3 Å². The van der Waals surface area contributed by atoms with Crippen LogP contribution in [0.3, 0.4) is 0 Å². The first-order chi connectivity index (χ1) is 19.5. The minimum Gasteiger partial charge on any atom is -0.457 e. The summed E-state index contributed by atoms with van der Waals surface area (Å²) in [7, 11) is 0. The number of aromatic nitrogens is 2. The molecule has 2 N–H and O–H groups in total. The highest BCUT2D eigenvalue weighted by atomic mass is 19.3. The molecule has 6 rings (SSSR count). The molecular weight excluding hydrogens is 550 g/mol. The predicted molar refractivity (Wildman–Crippen MR) is 134 cm³/mol. The summed E-state index contributed by atoms with van der Waals surface area (Å²) in [4.78, 5) is 55.1. The monoisotopic (exact) mass is 572 g/mol. The number of fused-ring (bicyclic) bond motifs is 6. The standard InChI is InChI=1S/C26H22F2N4O9/c1-3-11-12-9-31-16(7-14-13(23(31)34)10-38-24(35)25(14,4-2)40-18(33)5-6-29)20(12)30-15-8-17-22(41-26(27,28)39-17)21(19(11)15)32(36)37/h7-8H,3-6,9-10,29H2,1-2H3. The summed E-state index contributed by atoms with van der Waals surface area (Å²) in [6.45, 7) is 2.92. The van der Waals surface area contributed by atoms with Crippen LogP contribution in [-0.2, 0) is 44.2 Å². The number of benzene rings is 1. The fraction of sp³-hybridized carbons (Fsp3) is 0.385. The minimum absolute atomic E-state index is 0.0148. The minimum atomic E-state index is -4.10. The van der Waals surface area contributed by atoms with Crippen molar-refractivity contribution in [3.8, 4) is 22.9 Å². The number of ether oxygens (including phenoxy) is 4. The second kappa shape index (κ2) is 8.92. The van der Waals surface area contributed by atoms with Gasteiger partial charge in [-0.05, 0) is 24.5 Å². The van der Waals surface area contributed by atoms with Crippen molar-refractivity contribution >= 4 is 28.5 Å². The van der Waals surface area contributed by atoms with Crippen molar-refractivity contribution in [2.45, 2.75) is 58.2 Å². The predicted octanol–water partition coefficient (Wildman–Crippen LogP) is 2.77. The Morgan fingerprint density at radius 2 is 2.00 bits per heavy atom. The summed E-state index contributed by atoms with van der Waals surface area (Å²) >= 11 is 0. The lowest BCUT2D eigenvalue weighted by molar-refractivity contribution is -0.385. The molecule has 0 saturated heterocycles. The van der Waals surface area contributed by atoms with Crippen LogP contribution < -0.4 is 20.8 Å². The lowest BCUT2D eigenvalue weighted by atomic mass is 9.85. The van der Waals surface area contributed by atoms with Gasteiger partial charge < -0.3 is 29.2 Å². The SMILES string of the molecule is CCc1c2c(nc3cc4c(c([N+](=O)[O-])c13)OC(F)(F)O4)-c1cc3c(c(=O)n1C2)COC(=O)C3(CC)OC(=O)CCN. The summed E-state index contributed by atoms with van der Waals surface area (Å²) in [6.07, 6.45) is -4.09. The third kappa shape index (κ3) is 3.68. The molecule has 3 aliphatic heterocycles. The fourth-order valence-electron chi connectivity index (χ4n) is 5.80. The van der Waals surface area contributed by atoms with Crippen LogP contribution in [0.2, 0.25) is 0 Å². The Bertz CT molecular complexity index is 1770. The average molecular weight is 572 g/mol. The van der Waals surface area contributed by atoms with Gasteiger partial charge in [0.25, 0.3) is 11.3 Å². The Balaban J connectivity index is 1.62. The van der Waals surface area contributed by atoms with Gasteiger partial charge in [-0.25, -0.2) is 9.78 Å². The number of nitro groups is 1. The van der Waals surface area contributed by atoms with Gasteiger partial charge in [0.2, 0.25) is 5.60 Å². The number of nitro benzene ring substituents is 1. The van der Waals surface area contributed by atoms with Crippen LogP contribution in [0, 0.1) is 10.1 Å². The van der Waals surface area contributed by atoms with Crippen LogP contribution in [0.4, 0.5) is 14.5 Å². The van der Waals surface area contributed by atoms with Gasteiger partial charge in [-0.3, -0.25) is 19.7 Å². The largest absolute Gasteiger partial charge is 0.586 e. The van der Waals surface area contributed by atoms with Crippen molar-refractivity contribution in [1.82, 2.24) is 9.55 Å². The van der Waals surface area contributed by atoms with Crippen molar-refractivity contribution < 1.29 is 42.2 Å². The fourth-order valence-corrected chi connectivity index (χ4v) is 5.80. The van der Waals surface area contributed by atoms with E-state index in [4.69, 9.17) is 15.2 Å². The molecular formula is C26H22F2N4O9. The second-order valence-electron chi connectivity index (χ2n) is 9.72. The van der Waals surface area contributed by atoms with Gasteiger partial charge in [0.15, 0.2) is 5.75 Å². The topological polar surface area (TPSA) is 175 Å². The molecule has 0 aliphatic carbocycles. The molecule has 0 bridgehead atoms. The van der Waals surface area contributed by atoms with Crippen LogP contribution in [0.25, 0.3) is 22.3 Å². The van der Waals surface area contributed by atoms with E-state index in [1.54, 1.807) is 13.8 Å². The number of aryl methyl sites for hydroxylation is 1. The summed E-state index contributed by atoms with van der Waals surface area (Å²) in [6, 6.07) is 2.65. The molecule has 13 nitrogen and oxygen atoms in total. The van der Waals surface area contributed by atoms with E-state index in [1.165, 1.54) is 10.6 Å². The zero-order valence-electron chi connectivity index (χ0n) is 21.7. The lowest BCUT2D eigenvalue weighted by Crippen LogP contribution is -2.47. The molecule has 0 radical (unpaired) electrons. The number of halogens is 2. The molecule has 214 valence electrons. The van der Waals surface area contributed by atoms with Gasteiger partial charge in [0, 0.05) is 23.7 Å². The van der Waals surface area contributed by atoms with Gasteiger partial charge in [-0.15, -0.1) is 8.78 Å². The van der Waals surface area contributed by atoms with E-state index in [1.807, 2.05) is 0 Å². The van der Waals surface area contributed by atoms with E-state index in [2.05, 4.69) is 14.5 Å². The number of carbonyl (C=O) groups is 2. The number of hydrogen-bond donors (Lipinski definition) is 1. The number of cyclic esters (lactones) is 1. The lowest BCUT2D eigenvalue weighted by Gasteiger charge is -2.35. The summed E-state index contributed by atoms with van der Waals surface area (Å²) < 4.78 is 49.1. The number of alkyl halides is 2. The van der Waals surface area contributed by atoms with E-state index < -0.39 is 51.5 Å². The molecule has 41 heavy (non-hydrogen) atoms. The number of hydrogen-bond acceptors (Lipinski definition) is 11. The summed E-state index contributed by atoms with van der Waals surface area (Å²) in [5, 5.41) is 12.1. The van der Waals surface area contributed by atoms with Crippen LogP contribution in [0.5, 0.6) is 11.5 Å². The van der Waals surface area contributed by atoms with E-state index in [-0.39, 0.29) is 72.4 Å². The molecule has 0 fully saturated rings. The van der Waals surface area contributed by atoms with E-state index in [9.17, 15) is 33.3 Å². The molecule has 0 saturated carbocycles. The van der Waals surface area contributed by atoms with Gasteiger partial charge >= 0.3 is 23.9 Å². The van der Waals surface area contributed by atoms with Gasteiger partial charge in [-0.1, -0.05) is 13.8 Å². The Morgan fingerprint density at radius 3 is 2.66 bits per heavy atom. The molecule has 2 aromatic heterocycles. The first kappa shape index (κ1) is 26.6. The number of rotatable bonds is 6. The van der Waals surface area contributed by atoms with Crippen molar-refractivity contribution in [2.24, 2.45) is 5.73 Å². The number of nitrogens with two attached hydrogens (primary N) is 1. The maximum Gasteiger partial charge on any atom is 0.586 e. The Kier molecular flexibility index (Phi) is 5.78. The molecule has 0 spiro atoms. The van der Waals surface area contributed by atoms with Crippen molar-refractivity contribution in [2.75, 3.05) is 6.54 Å². The molecule has 0 amide bonds. The zero-order valence-corrected chi connectivity index (χ0v) is 21.7. The second-order valence-corrected chi connectivity index (χ2v) is 9.72.